The molecule has 7 nitrogen and oxygen atoms in total. The maximum atomic E-state index is 12.4. The monoisotopic (exact) mass is 391 g/mol. The Balaban J connectivity index is 1.60. The molecule has 7 heteroatoms. The van der Waals surface area contributed by atoms with Gasteiger partial charge in [-0.25, -0.2) is 4.98 Å². The second kappa shape index (κ2) is 8.28. The van der Waals surface area contributed by atoms with Gasteiger partial charge in [0.25, 0.3) is 5.91 Å². The van der Waals surface area contributed by atoms with Gasteiger partial charge in [0.2, 0.25) is 5.89 Å². The Hall–Kier alpha value is -3.45. The number of aryl methyl sites for hydroxylation is 1. The van der Waals surface area contributed by atoms with Gasteiger partial charge in [-0.2, -0.15) is 0 Å². The van der Waals surface area contributed by atoms with Crippen molar-refractivity contribution in [3.8, 4) is 22.8 Å². The van der Waals surface area contributed by atoms with E-state index >= 15 is 0 Å². The molecule has 0 atom stereocenters. The Kier molecular flexibility index (Phi) is 5.39. The summed E-state index contributed by atoms with van der Waals surface area (Å²) in [4.78, 5) is 16.9. The highest BCUT2D eigenvalue weighted by Crippen LogP contribution is 2.30. The minimum Gasteiger partial charge on any atom is -0.444 e. The summed E-state index contributed by atoms with van der Waals surface area (Å²) in [6, 6.07) is 13.1. The first-order valence-corrected chi connectivity index (χ1v) is 9.35. The molecule has 0 bridgehead atoms. The summed E-state index contributed by atoms with van der Waals surface area (Å²) in [5.74, 6) is 0.346. The summed E-state index contributed by atoms with van der Waals surface area (Å²) in [6.07, 6.45) is 2.30. The van der Waals surface area contributed by atoms with Crippen LogP contribution >= 0.6 is 0 Å². The number of fused-ring (bicyclic) bond motifs is 1. The normalized spacial score (nSPS) is 11.1. The number of amides is 1. The number of oxazole rings is 1. The van der Waals surface area contributed by atoms with Crippen LogP contribution in [0.3, 0.4) is 0 Å². The summed E-state index contributed by atoms with van der Waals surface area (Å²) in [7, 11) is 1.64. The van der Waals surface area contributed by atoms with E-state index in [0.29, 0.717) is 47.0 Å². The number of nitrogens with zero attached hydrogens (tertiary/aromatic N) is 2. The van der Waals surface area contributed by atoms with Crippen LogP contribution in [0.15, 0.2) is 57.7 Å². The molecule has 4 rings (SSSR count). The largest absolute Gasteiger partial charge is 0.444 e. The minimum absolute atomic E-state index is 0.157. The topological polar surface area (TPSA) is 90.4 Å². The number of hydrogen-bond donors (Lipinski definition) is 1. The second-order valence-corrected chi connectivity index (χ2v) is 6.75. The van der Waals surface area contributed by atoms with Crippen LogP contribution < -0.4 is 5.32 Å². The highest BCUT2D eigenvalue weighted by atomic mass is 16.5. The van der Waals surface area contributed by atoms with Crippen molar-refractivity contribution in [1.82, 2.24) is 15.5 Å². The Morgan fingerprint density at radius 2 is 2.00 bits per heavy atom. The Bertz CT molecular complexity index is 1130. The third-order valence-corrected chi connectivity index (χ3v) is 4.59. The van der Waals surface area contributed by atoms with Gasteiger partial charge >= 0.3 is 0 Å². The second-order valence-electron chi connectivity index (χ2n) is 6.75. The van der Waals surface area contributed by atoms with Gasteiger partial charge < -0.3 is 19.0 Å². The number of aromatic nitrogens is 2. The van der Waals surface area contributed by atoms with Crippen LogP contribution in [0, 0.1) is 6.92 Å². The summed E-state index contributed by atoms with van der Waals surface area (Å²) < 4.78 is 16.0. The van der Waals surface area contributed by atoms with Crippen molar-refractivity contribution in [2.45, 2.75) is 13.3 Å². The molecule has 0 unspecified atom stereocenters. The van der Waals surface area contributed by atoms with Gasteiger partial charge in [0.05, 0.1) is 5.39 Å². The fourth-order valence-corrected chi connectivity index (χ4v) is 3.00. The molecule has 0 aliphatic rings. The van der Waals surface area contributed by atoms with Gasteiger partial charge in [-0.1, -0.05) is 22.9 Å². The summed E-state index contributed by atoms with van der Waals surface area (Å²) in [5, 5.41) is 7.71. The van der Waals surface area contributed by atoms with Crippen molar-refractivity contribution in [2.24, 2.45) is 0 Å². The van der Waals surface area contributed by atoms with E-state index < -0.39 is 0 Å². The Labute approximate surface area is 167 Å². The molecule has 1 N–H and O–H groups in total. The maximum absolute atomic E-state index is 12.4. The summed E-state index contributed by atoms with van der Waals surface area (Å²) in [5.41, 5.74) is 4.24. The molecule has 0 spiro atoms. The molecule has 0 aliphatic carbocycles. The summed E-state index contributed by atoms with van der Waals surface area (Å²) in [6.45, 7) is 3.17. The zero-order valence-electron chi connectivity index (χ0n) is 16.3. The fourth-order valence-electron chi connectivity index (χ4n) is 3.00. The molecule has 148 valence electrons. The van der Waals surface area contributed by atoms with E-state index in [9.17, 15) is 4.79 Å². The molecule has 2 aromatic heterocycles. The van der Waals surface area contributed by atoms with Crippen molar-refractivity contribution < 1.29 is 18.5 Å². The lowest BCUT2D eigenvalue weighted by molar-refractivity contribution is 0.0948. The number of benzene rings is 2. The SMILES string of the molecule is COCCCNC(=O)c1ccc2onc(-c3coc(-c4ccc(C)cc4)n3)c2c1. The van der Waals surface area contributed by atoms with E-state index in [1.165, 1.54) is 0 Å². The average Bonchev–Trinajstić information content (AvgIpc) is 3.38. The van der Waals surface area contributed by atoms with Crippen LogP contribution in [-0.4, -0.2) is 36.3 Å². The molecular weight excluding hydrogens is 370 g/mol. The smallest absolute Gasteiger partial charge is 0.251 e. The van der Waals surface area contributed by atoms with Gasteiger partial charge in [0, 0.05) is 31.4 Å². The number of rotatable bonds is 7. The Morgan fingerprint density at radius 1 is 1.17 bits per heavy atom. The number of ether oxygens (including phenoxy) is 1. The maximum Gasteiger partial charge on any atom is 0.251 e. The van der Waals surface area contributed by atoms with Gasteiger partial charge in [0.15, 0.2) is 5.58 Å². The quantitative estimate of drug-likeness (QED) is 0.474. The van der Waals surface area contributed by atoms with E-state index in [0.717, 1.165) is 17.5 Å². The molecule has 0 radical (unpaired) electrons. The highest BCUT2D eigenvalue weighted by molar-refractivity contribution is 6.00. The first-order chi connectivity index (χ1) is 14.2. The molecule has 0 saturated heterocycles. The third kappa shape index (κ3) is 4.05. The zero-order valence-corrected chi connectivity index (χ0v) is 16.3. The first kappa shape index (κ1) is 18.9. The van der Waals surface area contributed by atoms with Gasteiger partial charge in [-0.15, -0.1) is 0 Å². The van der Waals surface area contributed by atoms with Crippen LogP contribution in [0.5, 0.6) is 0 Å². The van der Waals surface area contributed by atoms with Crippen molar-refractivity contribution in [2.75, 3.05) is 20.3 Å². The molecule has 2 heterocycles. The van der Waals surface area contributed by atoms with Crippen LogP contribution in [-0.2, 0) is 4.74 Å². The van der Waals surface area contributed by atoms with Crippen LogP contribution in [0.1, 0.15) is 22.3 Å². The summed E-state index contributed by atoms with van der Waals surface area (Å²) >= 11 is 0. The molecule has 0 fully saturated rings. The third-order valence-electron chi connectivity index (χ3n) is 4.59. The minimum atomic E-state index is -0.157. The van der Waals surface area contributed by atoms with Crippen molar-refractivity contribution in [1.29, 1.82) is 0 Å². The van der Waals surface area contributed by atoms with E-state index in [1.807, 2.05) is 31.2 Å². The lowest BCUT2D eigenvalue weighted by Crippen LogP contribution is -2.25. The van der Waals surface area contributed by atoms with Gasteiger partial charge in [-0.05, 0) is 43.7 Å². The molecule has 2 aromatic carbocycles. The van der Waals surface area contributed by atoms with Crippen LogP contribution in [0.4, 0.5) is 0 Å². The molecule has 0 aliphatic heterocycles. The number of nitrogens with one attached hydrogen (secondary N) is 1. The van der Waals surface area contributed by atoms with Crippen LogP contribution in [0.2, 0.25) is 0 Å². The zero-order chi connectivity index (χ0) is 20.2. The lowest BCUT2D eigenvalue weighted by Gasteiger charge is -2.04. The average molecular weight is 391 g/mol. The van der Waals surface area contributed by atoms with Gasteiger partial charge in [0.1, 0.15) is 17.7 Å². The predicted molar refractivity (Wildman–Crippen MR) is 109 cm³/mol. The van der Waals surface area contributed by atoms with Crippen molar-refractivity contribution in [3.63, 3.8) is 0 Å². The van der Waals surface area contributed by atoms with E-state index in [2.05, 4.69) is 15.5 Å². The highest BCUT2D eigenvalue weighted by Gasteiger charge is 2.17. The molecule has 1 amide bonds. The van der Waals surface area contributed by atoms with E-state index in [-0.39, 0.29) is 5.91 Å². The van der Waals surface area contributed by atoms with Crippen molar-refractivity contribution in [3.05, 3.63) is 59.9 Å². The number of methoxy groups -OCH3 is 1. The van der Waals surface area contributed by atoms with Gasteiger partial charge in [-0.3, -0.25) is 4.79 Å². The number of carbonyl (C=O) groups is 1. The van der Waals surface area contributed by atoms with E-state index in [4.69, 9.17) is 13.7 Å². The molecule has 0 saturated carbocycles. The Morgan fingerprint density at radius 3 is 2.79 bits per heavy atom. The van der Waals surface area contributed by atoms with E-state index in [1.54, 1.807) is 31.6 Å². The standard InChI is InChI=1S/C22H21N3O4/c1-14-4-6-15(7-5-14)22-24-18(13-28-22)20-17-12-16(8-9-19(17)29-25-20)21(26)23-10-3-11-27-2/h4-9,12-13H,3,10-11H2,1-2H3,(H,23,26). The number of hydrogen-bond acceptors (Lipinski definition) is 6. The fraction of sp³-hybridized carbons (Fsp3) is 0.227. The molecule has 4 aromatic rings. The molecular formula is C22H21N3O4. The predicted octanol–water partition coefficient (Wildman–Crippen LogP) is 4.22. The lowest BCUT2D eigenvalue weighted by atomic mass is 10.1. The first-order valence-electron chi connectivity index (χ1n) is 9.35. The molecule has 29 heavy (non-hydrogen) atoms. The van der Waals surface area contributed by atoms with Crippen LogP contribution in [0.25, 0.3) is 33.8 Å². The van der Waals surface area contributed by atoms with Crippen molar-refractivity contribution >= 4 is 16.9 Å². The number of carbonyl (C=O) groups excluding carboxylic acids is 1.